The minimum atomic E-state index is -0.521. The Bertz CT molecular complexity index is 785. The largest absolute Gasteiger partial charge is 0.458 e. The number of carbonyl (C=O) groups is 1. The summed E-state index contributed by atoms with van der Waals surface area (Å²) < 4.78 is 5.43. The molecule has 0 heterocycles. The topological polar surface area (TPSA) is 69.4 Å². The van der Waals surface area contributed by atoms with E-state index in [0.717, 1.165) is 18.4 Å². The van der Waals surface area contributed by atoms with Crippen LogP contribution in [0.2, 0.25) is 0 Å². The van der Waals surface area contributed by atoms with Crippen molar-refractivity contribution in [1.29, 1.82) is 0 Å². The number of ether oxygens (including phenoxy) is 1. The Morgan fingerprint density at radius 3 is 2.79 bits per heavy atom. The average molecular weight is 325 g/mol. The Hall–Kier alpha value is -2.69. The summed E-state index contributed by atoms with van der Waals surface area (Å²) >= 11 is 0. The Balaban J connectivity index is 1.64. The number of hydrogen-bond donors (Lipinski definition) is 0. The van der Waals surface area contributed by atoms with Crippen LogP contribution >= 0.6 is 0 Å². The fourth-order valence-corrected chi connectivity index (χ4v) is 3.10. The van der Waals surface area contributed by atoms with Gasteiger partial charge in [-0.05, 0) is 48.4 Å². The number of nitro groups is 1. The molecule has 2 aromatic rings. The molecule has 2 aromatic carbocycles. The summed E-state index contributed by atoms with van der Waals surface area (Å²) in [7, 11) is 0. The van der Waals surface area contributed by atoms with E-state index < -0.39 is 11.0 Å². The zero-order valence-electron chi connectivity index (χ0n) is 13.5. The Kier molecular flexibility index (Phi) is 4.60. The first-order valence-corrected chi connectivity index (χ1v) is 8.07. The fourth-order valence-electron chi connectivity index (χ4n) is 3.10. The second-order valence-corrected chi connectivity index (χ2v) is 6.12. The van der Waals surface area contributed by atoms with Crippen molar-refractivity contribution in [2.45, 2.75) is 38.7 Å². The van der Waals surface area contributed by atoms with Crippen molar-refractivity contribution in [3.05, 3.63) is 74.8 Å². The van der Waals surface area contributed by atoms with E-state index in [-0.39, 0.29) is 18.1 Å². The van der Waals surface area contributed by atoms with Gasteiger partial charge in [-0.15, -0.1) is 0 Å². The van der Waals surface area contributed by atoms with E-state index in [0.29, 0.717) is 5.56 Å². The lowest BCUT2D eigenvalue weighted by Crippen LogP contribution is -2.11. The minimum absolute atomic E-state index is 0.00554. The Morgan fingerprint density at radius 2 is 2.00 bits per heavy atom. The summed E-state index contributed by atoms with van der Waals surface area (Å²) in [6.45, 7) is 1.72. The van der Waals surface area contributed by atoms with Gasteiger partial charge in [-0.3, -0.25) is 14.9 Å². The number of non-ortho nitro benzene ring substituents is 1. The first-order valence-electron chi connectivity index (χ1n) is 8.07. The van der Waals surface area contributed by atoms with Crippen LogP contribution in [0.1, 0.15) is 41.7 Å². The molecule has 1 atom stereocenters. The minimum Gasteiger partial charge on any atom is -0.458 e. The predicted molar refractivity (Wildman–Crippen MR) is 89.8 cm³/mol. The predicted octanol–water partition coefficient (Wildman–Crippen LogP) is 3.93. The molecule has 5 nitrogen and oxygen atoms in total. The third kappa shape index (κ3) is 3.62. The molecule has 0 aliphatic heterocycles. The van der Waals surface area contributed by atoms with Crippen molar-refractivity contribution >= 4 is 11.7 Å². The van der Waals surface area contributed by atoms with Gasteiger partial charge in [-0.1, -0.05) is 30.3 Å². The number of hydrogen-bond acceptors (Lipinski definition) is 4. The van der Waals surface area contributed by atoms with Crippen LogP contribution in [0.4, 0.5) is 5.69 Å². The van der Waals surface area contributed by atoms with E-state index in [2.05, 4.69) is 12.1 Å². The number of fused-ring (bicyclic) bond motifs is 1. The summed E-state index contributed by atoms with van der Waals surface area (Å²) in [5.74, 6) is -0.327. The maximum Gasteiger partial charge on any atom is 0.310 e. The summed E-state index contributed by atoms with van der Waals surface area (Å²) in [5, 5.41) is 10.8. The van der Waals surface area contributed by atoms with E-state index in [9.17, 15) is 14.9 Å². The molecule has 24 heavy (non-hydrogen) atoms. The zero-order chi connectivity index (χ0) is 17.1. The maximum absolute atomic E-state index is 12.2. The molecule has 5 heteroatoms. The molecule has 0 saturated carbocycles. The molecule has 124 valence electrons. The standard InChI is InChI=1S/C19H19NO4/c1-13(16-5-3-7-18(12-16)20(22)23)24-19(21)11-14-8-9-15-4-2-6-17(15)10-14/h3,5,7-10,12-13H,2,4,6,11H2,1H3/t13-/m1/s1. The summed E-state index contributed by atoms with van der Waals surface area (Å²) in [5.41, 5.74) is 4.26. The summed E-state index contributed by atoms with van der Waals surface area (Å²) in [6, 6.07) is 12.3. The molecule has 0 bridgehead atoms. The molecular weight excluding hydrogens is 306 g/mol. The molecule has 1 aliphatic carbocycles. The van der Waals surface area contributed by atoms with Crippen LogP contribution in [-0.4, -0.2) is 10.9 Å². The first kappa shape index (κ1) is 16.2. The molecule has 0 fully saturated rings. The maximum atomic E-state index is 12.2. The monoisotopic (exact) mass is 325 g/mol. The van der Waals surface area contributed by atoms with E-state index in [1.165, 1.54) is 29.7 Å². The smallest absolute Gasteiger partial charge is 0.310 e. The van der Waals surface area contributed by atoms with Gasteiger partial charge in [0, 0.05) is 12.1 Å². The molecule has 1 aliphatic rings. The Morgan fingerprint density at radius 1 is 1.21 bits per heavy atom. The quantitative estimate of drug-likeness (QED) is 0.474. The van der Waals surface area contributed by atoms with Crippen molar-refractivity contribution in [3.63, 3.8) is 0 Å². The molecule has 0 radical (unpaired) electrons. The van der Waals surface area contributed by atoms with Crippen LogP contribution in [0.15, 0.2) is 42.5 Å². The highest BCUT2D eigenvalue weighted by molar-refractivity contribution is 5.73. The SMILES string of the molecule is C[C@@H](OC(=O)Cc1ccc2c(c1)CCC2)c1cccc([N+](=O)[O-])c1. The normalized spacial score (nSPS) is 14.0. The van der Waals surface area contributed by atoms with Gasteiger partial charge in [0.1, 0.15) is 6.10 Å². The molecule has 3 rings (SSSR count). The highest BCUT2D eigenvalue weighted by atomic mass is 16.6. The average Bonchev–Trinajstić information content (AvgIpc) is 3.02. The van der Waals surface area contributed by atoms with E-state index in [4.69, 9.17) is 4.74 Å². The van der Waals surface area contributed by atoms with Gasteiger partial charge in [0.15, 0.2) is 0 Å². The van der Waals surface area contributed by atoms with Gasteiger partial charge in [0.25, 0.3) is 5.69 Å². The van der Waals surface area contributed by atoms with Gasteiger partial charge in [0.2, 0.25) is 0 Å². The Labute approximate surface area is 140 Å². The van der Waals surface area contributed by atoms with Crippen molar-refractivity contribution in [3.8, 4) is 0 Å². The molecule has 0 N–H and O–H groups in total. The molecule has 0 amide bonds. The molecule has 0 unspecified atom stereocenters. The van der Waals surface area contributed by atoms with Crippen LogP contribution in [0.25, 0.3) is 0 Å². The van der Waals surface area contributed by atoms with Crippen LogP contribution < -0.4 is 0 Å². The second-order valence-electron chi connectivity index (χ2n) is 6.12. The number of esters is 1. The lowest BCUT2D eigenvalue weighted by Gasteiger charge is -2.14. The highest BCUT2D eigenvalue weighted by Crippen LogP contribution is 2.24. The van der Waals surface area contributed by atoms with Crippen molar-refractivity contribution in [2.24, 2.45) is 0 Å². The molecule has 0 aromatic heterocycles. The number of nitro benzene ring substituents is 1. The van der Waals surface area contributed by atoms with E-state index in [1.54, 1.807) is 19.1 Å². The highest BCUT2D eigenvalue weighted by Gasteiger charge is 2.16. The van der Waals surface area contributed by atoms with Crippen LogP contribution in [0.3, 0.4) is 0 Å². The van der Waals surface area contributed by atoms with Crippen LogP contribution in [-0.2, 0) is 28.8 Å². The molecule has 0 spiro atoms. The second kappa shape index (κ2) is 6.83. The van der Waals surface area contributed by atoms with Gasteiger partial charge in [-0.25, -0.2) is 0 Å². The van der Waals surface area contributed by atoms with Gasteiger partial charge in [0.05, 0.1) is 11.3 Å². The van der Waals surface area contributed by atoms with E-state index >= 15 is 0 Å². The molecular formula is C19H19NO4. The van der Waals surface area contributed by atoms with Gasteiger partial charge < -0.3 is 4.74 Å². The van der Waals surface area contributed by atoms with Crippen molar-refractivity contribution in [2.75, 3.05) is 0 Å². The van der Waals surface area contributed by atoms with Crippen molar-refractivity contribution < 1.29 is 14.5 Å². The number of carbonyl (C=O) groups excluding carboxylic acids is 1. The van der Waals surface area contributed by atoms with Crippen molar-refractivity contribution in [1.82, 2.24) is 0 Å². The summed E-state index contributed by atoms with van der Waals surface area (Å²) in [6.07, 6.45) is 3.05. The van der Waals surface area contributed by atoms with Gasteiger partial charge >= 0.3 is 5.97 Å². The van der Waals surface area contributed by atoms with Crippen LogP contribution in [0, 0.1) is 10.1 Å². The van der Waals surface area contributed by atoms with E-state index in [1.807, 2.05) is 6.07 Å². The number of rotatable bonds is 5. The zero-order valence-corrected chi connectivity index (χ0v) is 13.5. The van der Waals surface area contributed by atoms with Crippen LogP contribution in [0.5, 0.6) is 0 Å². The number of aryl methyl sites for hydroxylation is 2. The number of nitrogens with zero attached hydrogens (tertiary/aromatic N) is 1. The fraction of sp³-hybridized carbons (Fsp3) is 0.316. The van der Waals surface area contributed by atoms with Gasteiger partial charge in [-0.2, -0.15) is 0 Å². The third-order valence-corrected chi connectivity index (χ3v) is 4.37. The lowest BCUT2D eigenvalue weighted by molar-refractivity contribution is -0.385. The first-order chi connectivity index (χ1) is 11.5. The molecule has 0 saturated heterocycles. The summed E-state index contributed by atoms with van der Waals surface area (Å²) in [4.78, 5) is 22.5. The third-order valence-electron chi connectivity index (χ3n) is 4.37. The lowest BCUT2D eigenvalue weighted by atomic mass is 10.0. The number of benzene rings is 2.